The number of rotatable bonds is 7. The molecular formula is C27H26Cl2N2O3S. The largest absolute Gasteiger partial charge is 0.384 e. The Morgan fingerprint density at radius 1 is 0.971 bits per heavy atom. The highest BCUT2D eigenvalue weighted by atomic mass is 35.5. The molecule has 0 aliphatic heterocycles. The van der Waals surface area contributed by atoms with Crippen molar-refractivity contribution >= 4 is 33.0 Å². The maximum Gasteiger partial charge on any atom is 0.178 e. The van der Waals surface area contributed by atoms with E-state index in [2.05, 4.69) is 0 Å². The molecule has 1 heterocycles. The van der Waals surface area contributed by atoms with E-state index in [0.717, 1.165) is 22.4 Å². The first-order valence-electron chi connectivity index (χ1n) is 11.2. The van der Waals surface area contributed by atoms with E-state index >= 15 is 0 Å². The van der Waals surface area contributed by atoms with Gasteiger partial charge >= 0.3 is 0 Å². The van der Waals surface area contributed by atoms with Gasteiger partial charge in [0.15, 0.2) is 9.84 Å². The van der Waals surface area contributed by atoms with Gasteiger partial charge in [-0.05, 0) is 60.9 Å². The molecule has 0 atom stereocenters. The van der Waals surface area contributed by atoms with Crippen LogP contribution in [0.3, 0.4) is 0 Å². The highest BCUT2D eigenvalue weighted by Gasteiger charge is 2.23. The average molecular weight is 529 g/mol. The van der Waals surface area contributed by atoms with Crippen LogP contribution < -0.4 is 0 Å². The molecule has 0 saturated heterocycles. The van der Waals surface area contributed by atoms with Gasteiger partial charge in [-0.2, -0.15) is 0 Å². The number of aromatic nitrogens is 2. The molecule has 0 bridgehead atoms. The van der Waals surface area contributed by atoms with E-state index in [9.17, 15) is 13.5 Å². The second-order valence-electron chi connectivity index (χ2n) is 8.84. The van der Waals surface area contributed by atoms with E-state index in [1.54, 1.807) is 45.0 Å². The molecule has 4 rings (SSSR count). The maximum absolute atomic E-state index is 12.3. The molecule has 3 aromatic carbocycles. The molecular weight excluding hydrogens is 503 g/mol. The number of sulfone groups is 1. The molecule has 0 aliphatic carbocycles. The zero-order chi connectivity index (χ0) is 25.4. The van der Waals surface area contributed by atoms with Crippen molar-refractivity contribution in [3.8, 4) is 16.8 Å². The summed E-state index contributed by atoms with van der Waals surface area (Å²) < 4.78 is 26.5. The highest BCUT2D eigenvalue weighted by Crippen LogP contribution is 2.30. The van der Waals surface area contributed by atoms with Crippen LogP contribution in [0, 0.1) is 0 Å². The molecule has 0 radical (unpaired) electrons. The lowest BCUT2D eigenvalue weighted by Gasteiger charge is -2.13. The summed E-state index contributed by atoms with van der Waals surface area (Å²) in [5.74, 6) is 0.758. The van der Waals surface area contributed by atoms with Gasteiger partial charge in [0.2, 0.25) is 0 Å². The minimum atomic E-state index is -3.29. The van der Waals surface area contributed by atoms with Crippen LogP contribution in [0.5, 0.6) is 0 Å². The van der Waals surface area contributed by atoms with E-state index in [0.29, 0.717) is 32.9 Å². The second-order valence-corrected chi connectivity index (χ2v) is 11.9. The first-order chi connectivity index (χ1) is 16.5. The van der Waals surface area contributed by atoms with Crippen LogP contribution in [0.2, 0.25) is 10.0 Å². The fraction of sp³-hybridized carbons (Fsp3) is 0.222. The monoisotopic (exact) mass is 528 g/mol. The molecule has 182 valence electrons. The van der Waals surface area contributed by atoms with Gasteiger partial charge in [0, 0.05) is 18.3 Å². The first kappa shape index (κ1) is 25.5. The Hall–Kier alpha value is -2.64. The normalized spacial score (nSPS) is 12.2. The van der Waals surface area contributed by atoms with Crippen LogP contribution in [0.4, 0.5) is 0 Å². The zero-order valence-electron chi connectivity index (χ0n) is 19.7. The smallest absolute Gasteiger partial charge is 0.178 e. The number of benzene rings is 3. The number of imidazole rings is 1. The third-order valence-electron chi connectivity index (χ3n) is 5.84. The fourth-order valence-electron chi connectivity index (χ4n) is 3.77. The van der Waals surface area contributed by atoms with Crippen molar-refractivity contribution in [2.45, 2.75) is 37.7 Å². The summed E-state index contributed by atoms with van der Waals surface area (Å²) in [5.41, 5.74) is 2.81. The molecule has 0 saturated carbocycles. The molecule has 0 amide bonds. The molecule has 1 aromatic heterocycles. The zero-order valence-corrected chi connectivity index (χ0v) is 22.0. The highest BCUT2D eigenvalue weighted by molar-refractivity contribution is 7.91. The van der Waals surface area contributed by atoms with Gasteiger partial charge in [0.1, 0.15) is 11.4 Å². The summed E-state index contributed by atoms with van der Waals surface area (Å²) in [6.07, 6.45) is 2.24. The first-order valence-corrected chi connectivity index (χ1v) is 13.6. The van der Waals surface area contributed by atoms with Crippen LogP contribution in [-0.4, -0.2) is 28.8 Å². The Morgan fingerprint density at radius 3 is 2.31 bits per heavy atom. The van der Waals surface area contributed by atoms with Gasteiger partial charge in [0.05, 0.1) is 26.4 Å². The lowest BCUT2D eigenvalue weighted by Crippen LogP contribution is -2.15. The third kappa shape index (κ3) is 5.46. The van der Waals surface area contributed by atoms with E-state index < -0.39 is 15.4 Å². The lowest BCUT2D eigenvalue weighted by atomic mass is 10.1. The van der Waals surface area contributed by atoms with Crippen LogP contribution in [0.15, 0.2) is 77.8 Å². The standard InChI is InChI=1S/C27H26Cl2N2O3S/c1-4-35(33,34)22-9-5-7-19(15-22)18-11-13-21(14-12-18)31-17-24(27(2,3)32)30-25(31)16-20-8-6-10-23(28)26(20)29/h5-15,17,32H,4,16H2,1-3H3. The van der Waals surface area contributed by atoms with E-state index in [4.69, 9.17) is 28.2 Å². The van der Waals surface area contributed by atoms with E-state index in [1.165, 1.54) is 0 Å². The molecule has 0 fully saturated rings. The molecule has 0 spiro atoms. The second kappa shape index (κ2) is 9.78. The van der Waals surface area contributed by atoms with Crippen molar-refractivity contribution in [2.75, 3.05) is 5.75 Å². The van der Waals surface area contributed by atoms with E-state index in [1.807, 2.05) is 53.2 Å². The van der Waals surface area contributed by atoms with Crippen molar-refractivity contribution in [3.63, 3.8) is 0 Å². The molecule has 8 heteroatoms. The van der Waals surface area contributed by atoms with Crippen LogP contribution in [0.25, 0.3) is 16.8 Å². The average Bonchev–Trinajstić information content (AvgIpc) is 3.27. The molecule has 0 unspecified atom stereocenters. The minimum Gasteiger partial charge on any atom is -0.384 e. The number of hydrogen-bond donors (Lipinski definition) is 1. The Balaban J connectivity index is 1.73. The van der Waals surface area contributed by atoms with Gasteiger partial charge < -0.3 is 9.67 Å². The predicted molar refractivity (Wildman–Crippen MR) is 141 cm³/mol. The van der Waals surface area contributed by atoms with Crippen molar-refractivity contribution < 1.29 is 13.5 Å². The summed E-state index contributed by atoms with van der Waals surface area (Å²) >= 11 is 12.6. The Labute approximate surface area is 215 Å². The number of hydrogen-bond acceptors (Lipinski definition) is 4. The number of aliphatic hydroxyl groups is 1. The summed E-state index contributed by atoms with van der Waals surface area (Å²) in [6.45, 7) is 5.02. The maximum atomic E-state index is 12.3. The predicted octanol–water partition coefficient (Wildman–Crippen LogP) is 6.46. The molecule has 0 aliphatic rings. The molecule has 5 nitrogen and oxygen atoms in total. The van der Waals surface area contributed by atoms with Crippen molar-refractivity contribution in [2.24, 2.45) is 0 Å². The summed E-state index contributed by atoms with van der Waals surface area (Å²) in [5, 5.41) is 11.5. The van der Waals surface area contributed by atoms with Crippen molar-refractivity contribution in [3.05, 3.63) is 100 Å². The third-order valence-corrected chi connectivity index (χ3v) is 8.43. The SMILES string of the molecule is CCS(=O)(=O)c1cccc(-c2ccc(-n3cc(C(C)(C)O)nc3Cc3cccc(Cl)c3Cl)cc2)c1. The summed E-state index contributed by atoms with van der Waals surface area (Å²) in [7, 11) is -3.29. The minimum absolute atomic E-state index is 0.0545. The van der Waals surface area contributed by atoms with Crippen LogP contribution >= 0.6 is 23.2 Å². The van der Waals surface area contributed by atoms with E-state index in [-0.39, 0.29) is 5.75 Å². The Kier molecular flexibility index (Phi) is 7.11. The molecule has 1 N–H and O–H groups in total. The quantitative estimate of drug-likeness (QED) is 0.298. The topological polar surface area (TPSA) is 72.2 Å². The number of halogens is 2. The van der Waals surface area contributed by atoms with Gasteiger partial charge in [-0.1, -0.05) is 66.5 Å². The number of nitrogens with zero attached hydrogens (tertiary/aromatic N) is 2. The van der Waals surface area contributed by atoms with Gasteiger partial charge in [-0.15, -0.1) is 0 Å². The van der Waals surface area contributed by atoms with Gasteiger partial charge in [0.25, 0.3) is 0 Å². The summed E-state index contributed by atoms with van der Waals surface area (Å²) in [4.78, 5) is 5.01. The van der Waals surface area contributed by atoms with Crippen molar-refractivity contribution in [1.29, 1.82) is 0 Å². The molecule has 35 heavy (non-hydrogen) atoms. The van der Waals surface area contributed by atoms with Gasteiger partial charge in [-0.3, -0.25) is 0 Å². The van der Waals surface area contributed by atoms with Crippen LogP contribution in [-0.2, 0) is 21.9 Å². The van der Waals surface area contributed by atoms with Crippen LogP contribution in [0.1, 0.15) is 37.9 Å². The Morgan fingerprint density at radius 2 is 1.66 bits per heavy atom. The Bertz CT molecular complexity index is 1470. The summed E-state index contributed by atoms with van der Waals surface area (Å²) in [6, 6.07) is 20.2. The van der Waals surface area contributed by atoms with Gasteiger partial charge in [-0.25, -0.2) is 13.4 Å². The van der Waals surface area contributed by atoms with Crippen molar-refractivity contribution in [1.82, 2.24) is 9.55 Å². The molecule has 4 aromatic rings. The lowest BCUT2D eigenvalue weighted by molar-refractivity contribution is 0.0741. The fourth-order valence-corrected chi connectivity index (χ4v) is 5.08.